The second kappa shape index (κ2) is 6.06. The van der Waals surface area contributed by atoms with Gasteiger partial charge < -0.3 is 5.32 Å². The van der Waals surface area contributed by atoms with E-state index in [2.05, 4.69) is 19.2 Å². The second-order valence-corrected chi connectivity index (χ2v) is 9.01. The lowest BCUT2D eigenvalue weighted by molar-refractivity contribution is 0.419. The summed E-state index contributed by atoms with van der Waals surface area (Å²) >= 11 is 6.13. The van der Waals surface area contributed by atoms with E-state index >= 15 is 0 Å². The van der Waals surface area contributed by atoms with Crippen LogP contribution in [-0.2, 0) is 21.9 Å². The van der Waals surface area contributed by atoms with Gasteiger partial charge in [0, 0.05) is 16.8 Å². The third-order valence-electron chi connectivity index (χ3n) is 4.54. The maximum absolute atomic E-state index is 11.5. The molecule has 1 aliphatic heterocycles. The molecule has 3 N–H and O–H groups in total. The Morgan fingerprint density at radius 1 is 1.25 bits per heavy atom. The van der Waals surface area contributed by atoms with Crippen molar-refractivity contribution in [1.82, 2.24) is 0 Å². The molecule has 0 radical (unpaired) electrons. The van der Waals surface area contributed by atoms with Gasteiger partial charge >= 0.3 is 0 Å². The Bertz CT molecular complexity index is 878. The first kappa shape index (κ1) is 17.3. The summed E-state index contributed by atoms with van der Waals surface area (Å²) in [6, 6.07) is 13.0. The van der Waals surface area contributed by atoms with Crippen molar-refractivity contribution in [3.8, 4) is 0 Å². The molecule has 1 unspecified atom stereocenters. The fourth-order valence-electron chi connectivity index (χ4n) is 3.46. The fraction of sp³-hybridized carbons (Fsp3) is 0.333. The molecular formula is C18H21ClN2O2S. The molecule has 1 aliphatic rings. The average molecular weight is 365 g/mol. The summed E-state index contributed by atoms with van der Waals surface area (Å²) in [5, 5.41) is 9.51. The lowest BCUT2D eigenvalue weighted by atomic mass is 9.74. The van der Waals surface area contributed by atoms with Crippen LogP contribution in [0.4, 0.5) is 5.69 Å². The van der Waals surface area contributed by atoms with Crippen LogP contribution < -0.4 is 10.5 Å². The number of halogens is 1. The first-order chi connectivity index (χ1) is 11.1. The molecule has 128 valence electrons. The van der Waals surface area contributed by atoms with E-state index in [0.717, 1.165) is 29.1 Å². The number of anilines is 1. The zero-order valence-corrected chi connectivity index (χ0v) is 15.3. The Balaban J connectivity index is 1.87. The maximum atomic E-state index is 11.5. The number of nitrogens with two attached hydrogens (primary N) is 1. The van der Waals surface area contributed by atoms with Gasteiger partial charge in [0.25, 0.3) is 0 Å². The zero-order chi connectivity index (χ0) is 17.5. The molecule has 2 aromatic carbocycles. The van der Waals surface area contributed by atoms with Crippen LogP contribution in [0.3, 0.4) is 0 Å². The van der Waals surface area contributed by atoms with Crippen LogP contribution in [0.15, 0.2) is 47.4 Å². The fourth-order valence-corrected chi connectivity index (χ4v) is 4.21. The molecule has 0 aliphatic carbocycles. The van der Waals surface area contributed by atoms with Gasteiger partial charge in [-0.25, -0.2) is 13.6 Å². The Morgan fingerprint density at radius 2 is 2.00 bits per heavy atom. The predicted molar refractivity (Wildman–Crippen MR) is 98.0 cm³/mol. The summed E-state index contributed by atoms with van der Waals surface area (Å²) in [5.74, 6) is 0. The van der Waals surface area contributed by atoms with Crippen molar-refractivity contribution in [3.63, 3.8) is 0 Å². The van der Waals surface area contributed by atoms with Crippen LogP contribution in [0.1, 0.15) is 31.4 Å². The largest absolute Gasteiger partial charge is 0.382 e. The third-order valence-corrected chi connectivity index (χ3v) is 5.68. The Morgan fingerprint density at radius 3 is 2.71 bits per heavy atom. The number of sulfonamides is 1. The Kier molecular flexibility index (Phi) is 4.36. The molecule has 0 amide bonds. The standard InChI is InChI=1S/C18H21ClN2O2S/c1-18(2)11-14(21-17-7-6-13(19)10-16(17)18)8-12-4-3-5-15(9-12)24(20,22)23/h3-7,9-10,14,21H,8,11H2,1-2H3,(H2,20,22,23). The molecule has 1 atom stereocenters. The first-order valence-electron chi connectivity index (χ1n) is 7.83. The van der Waals surface area contributed by atoms with E-state index in [1.807, 2.05) is 24.3 Å². The molecule has 2 aromatic rings. The van der Waals surface area contributed by atoms with E-state index in [1.165, 1.54) is 11.6 Å². The minimum atomic E-state index is -3.68. The topological polar surface area (TPSA) is 72.2 Å². The molecule has 24 heavy (non-hydrogen) atoms. The van der Waals surface area contributed by atoms with Crippen molar-refractivity contribution in [2.45, 2.75) is 43.0 Å². The SMILES string of the molecule is CC1(C)CC(Cc2cccc(S(N)(=O)=O)c2)Nc2ccc(Cl)cc21. The summed E-state index contributed by atoms with van der Waals surface area (Å²) in [6.45, 7) is 4.41. The lowest BCUT2D eigenvalue weighted by Gasteiger charge is -2.39. The van der Waals surface area contributed by atoms with Gasteiger partial charge in [-0.3, -0.25) is 0 Å². The molecule has 3 rings (SSSR count). The normalized spacial score (nSPS) is 19.4. The van der Waals surface area contributed by atoms with E-state index in [1.54, 1.807) is 12.1 Å². The molecule has 0 bridgehead atoms. The van der Waals surface area contributed by atoms with Crippen LogP contribution in [0.5, 0.6) is 0 Å². The van der Waals surface area contributed by atoms with Crippen molar-refractivity contribution in [2.24, 2.45) is 5.14 Å². The molecule has 0 fully saturated rings. The second-order valence-electron chi connectivity index (χ2n) is 7.02. The third kappa shape index (κ3) is 3.58. The Hall–Kier alpha value is -1.56. The summed E-state index contributed by atoms with van der Waals surface area (Å²) in [6.07, 6.45) is 1.66. The molecule has 0 spiro atoms. The number of fused-ring (bicyclic) bond motifs is 1. The molecule has 4 nitrogen and oxygen atoms in total. The molecule has 0 aromatic heterocycles. The van der Waals surface area contributed by atoms with Crippen LogP contribution in [-0.4, -0.2) is 14.5 Å². The predicted octanol–water partition coefficient (Wildman–Crippen LogP) is 3.69. The van der Waals surface area contributed by atoms with Crippen molar-refractivity contribution in [2.75, 3.05) is 5.32 Å². The van der Waals surface area contributed by atoms with Crippen molar-refractivity contribution in [3.05, 3.63) is 58.6 Å². The number of nitrogens with one attached hydrogen (secondary N) is 1. The van der Waals surface area contributed by atoms with Crippen LogP contribution >= 0.6 is 11.6 Å². The number of rotatable bonds is 3. The number of hydrogen-bond acceptors (Lipinski definition) is 3. The van der Waals surface area contributed by atoms with Crippen LogP contribution in [0.25, 0.3) is 0 Å². The average Bonchev–Trinajstić information content (AvgIpc) is 2.47. The first-order valence-corrected chi connectivity index (χ1v) is 9.76. The Labute approximate surface area is 148 Å². The van der Waals surface area contributed by atoms with Crippen molar-refractivity contribution >= 4 is 27.3 Å². The summed E-state index contributed by atoms with van der Waals surface area (Å²) in [7, 11) is -3.68. The molecular weight excluding hydrogens is 344 g/mol. The van der Waals surface area contributed by atoms with Gasteiger partial charge in [0.1, 0.15) is 0 Å². The van der Waals surface area contributed by atoms with E-state index in [4.69, 9.17) is 16.7 Å². The number of primary sulfonamides is 1. The highest BCUT2D eigenvalue weighted by Crippen LogP contribution is 2.40. The van der Waals surface area contributed by atoms with Gasteiger partial charge in [0.2, 0.25) is 10.0 Å². The smallest absolute Gasteiger partial charge is 0.238 e. The minimum Gasteiger partial charge on any atom is -0.382 e. The van der Waals surface area contributed by atoms with E-state index in [-0.39, 0.29) is 16.4 Å². The molecule has 1 heterocycles. The van der Waals surface area contributed by atoms with Crippen molar-refractivity contribution < 1.29 is 8.42 Å². The van der Waals surface area contributed by atoms with Gasteiger partial charge in [-0.1, -0.05) is 37.6 Å². The quantitative estimate of drug-likeness (QED) is 0.872. The highest BCUT2D eigenvalue weighted by atomic mass is 35.5. The number of benzene rings is 2. The van der Waals surface area contributed by atoms with Gasteiger partial charge in [0.05, 0.1) is 4.90 Å². The highest BCUT2D eigenvalue weighted by molar-refractivity contribution is 7.89. The van der Waals surface area contributed by atoms with Gasteiger partial charge in [-0.15, -0.1) is 0 Å². The van der Waals surface area contributed by atoms with E-state index < -0.39 is 10.0 Å². The van der Waals surface area contributed by atoms with Gasteiger partial charge in [-0.05, 0) is 59.7 Å². The summed E-state index contributed by atoms with van der Waals surface area (Å²) < 4.78 is 23.1. The lowest BCUT2D eigenvalue weighted by Crippen LogP contribution is -2.37. The minimum absolute atomic E-state index is 0.00625. The van der Waals surface area contributed by atoms with Crippen LogP contribution in [0, 0.1) is 0 Å². The summed E-state index contributed by atoms with van der Waals surface area (Å²) in [5.41, 5.74) is 3.24. The molecule has 6 heteroatoms. The monoisotopic (exact) mass is 364 g/mol. The molecule has 0 saturated heterocycles. The van der Waals surface area contributed by atoms with E-state index in [0.29, 0.717) is 0 Å². The van der Waals surface area contributed by atoms with Gasteiger partial charge in [0.15, 0.2) is 0 Å². The van der Waals surface area contributed by atoms with Gasteiger partial charge in [-0.2, -0.15) is 0 Å². The summed E-state index contributed by atoms with van der Waals surface area (Å²) in [4.78, 5) is 0.155. The highest BCUT2D eigenvalue weighted by Gasteiger charge is 2.32. The van der Waals surface area contributed by atoms with E-state index in [9.17, 15) is 8.42 Å². The van der Waals surface area contributed by atoms with Crippen LogP contribution in [0.2, 0.25) is 5.02 Å². The zero-order valence-electron chi connectivity index (χ0n) is 13.7. The number of hydrogen-bond donors (Lipinski definition) is 2. The maximum Gasteiger partial charge on any atom is 0.238 e. The molecule has 0 saturated carbocycles. The van der Waals surface area contributed by atoms with Crippen molar-refractivity contribution in [1.29, 1.82) is 0 Å².